The highest BCUT2D eigenvalue weighted by molar-refractivity contribution is 5.89. The van der Waals surface area contributed by atoms with E-state index in [9.17, 15) is 9.59 Å². The summed E-state index contributed by atoms with van der Waals surface area (Å²) in [5, 5.41) is 11.4. The molecule has 6 heteroatoms. The summed E-state index contributed by atoms with van der Waals surface area (Å²) in [6, 6.07) is 2.50. The third-order valence-corrected chi connectivity index (χ3v) is 2.79. The van der Waals surface area contributed by atoms with Gasteiger partial charge in [-0.1, -0.05) is 6.07 Å². The molecule has 1 aliphatic heterocycles. The van der Waals surface area contributed by atoms with Crippen molar-refractivity contribution in [3.05, 3.63) is 23.9 Å². The van der Waals surface area contributed by atoms with Gasteiger partial charge in [0.15, 0.2) is 0 Å². The molecule has 2 heterocycles. The lowest BCUT2D eigenvalue weighted by Crippen LogP contribution is -2.36. The number of amides is 1. The van der Waals surface area contributed by atoms with Crippen molar-refractivity contribution in [2.24, 2.45) is 0 Å². The first-order valence-electron chi connectivity index (χ1n) is 5.14. The Balaban J connectivity index is 2.25. The summed E-state index contributed by atoms with van der Waals surface area (Å²) in [4.78, 5) is 26.2. The number of carbonyl (C=O) groups is 2. The van der Waals surface area contributed by atoms with Gasteiger partial charge in [-0.15, -0.1) is 0 Å². The molecule has 1 aromatic rings. The molecular weight excluding hydrogens is 224 g/mol. The summed E-state index contributed by atoms with van der Waals surface area (Å²) in [5.74, 6) is -1.20. The molecule has 0 bridgehead atoms. The van der Waals surface area contributed by atoms with E-state index in [1.54, 1.807) is 18.3 Å². The number of hydrogen-bond acceptors (Lipinski definition) is 4. The number of carboxylic acid groups (broad SMARTS) is 1. The van der Waals surface area contributed by atoms with E-state index in [0.717, 1.165) is 5.56 Å². The van der Waals surface area contributed by atoms with Crippen molar-refractivity contribution in [3.8, 4) is 5.88 Å². The minimum Gasteiger partial charge on any atom is -0.481 e. The number of aromatic nitrogens is 1. The molecule has 0 aliphatic carbocycles. The lowest BCUT2D eigenvalue weighted by Gasteiger charge is -2.14. The zero-order chi connectivity index (χ0) is 12.4. The Bertz CT molecular complexity index is 443. The summed E-state index contributed by atoms with van der Waals surface area (Å²) in [5.41, 5.74) is 0.719. The lowest BCUT2D eigenvalue weighted by atomic mass is 9.93. The average molecular weight is 236 g/mol. The second kappa shape index (κ2) is 4.40. The van der Waals surface area contributed by atoms with Crippen molar-refractivity contribution in [2.75, 3.05) is 7.11 Å². The van der Waals surface area contributed by atoms with Crippen LogP contribution in [0.3, 0.4) is 0 Å². The Labute approximate surface area is 97.6 Å². The van der Waals surface area contributed by atoms with Crippen molar-refractivity contribution in [2.45, 2.75) is 18.4 Å². The highest BCUT2D eigenvalue weighted by Crippen LogP contribution is 2.28. The molecule has 2 atom stereocenters. The van der Waals surface area contributed by atoms with Gasteiger partial charge in [-0.05, 0) is 5.56 Å². The van der Waals surface area contributed by atoms with Gasteiger partial charge in [0.25, 0.3) is 0 Å². The summed E-state index contributed by atoms with van der Waals surface area (Å²) in [7, 11) is 1.50. The number of pyridine rings is 1. The van der Waals surface area contributed by atoms with E-state index >= 15 is 0 Å². The van der Waals surface area contributed by atoms with Crippen molar-refractivity contribution < 1.29 is 19.4 Å². The van der Waals surface area contributed by atoms with Gasteiger partial charge in [-0.25, -0.2) is 9.78 Å². The topological polar surface area (TPSA) is 88.5 Å². The zero-order valence-electron chi connectivity index (χ0n) is 9.21. The predicted molar refractivity (Wildman–Crippen MR) is 57.7 cm³/mol. The molecule has 1 fully saturated rings. The molecule has 2 N–H and O–H groups in total. The van der Waals surface area contributed by atoms with E-state index in [-0.39, 0.29) is 18.2 Å². The van der Waals surface area contributed by atoms with Crippen LogP contribution in [0.5, 0.6) is 5.88 Å². The molecule has 2 rings (SSSR count). The summed E-state index contributed by atoms with van der Waals surface area (Å²) in [6.07, 6.45) is 1.71. The van der Waals surface area contributed by atoms with Gasteiger partial charge in [-0.3, -0.25) is 4.79 Å². The van der Waals surface area contributed by atoms with Gasteiger partial charge in [0.05, 0.1) is 7.11 Å². The minimum absolute atomic E-state index is 0.172. The van der Waals surface area contributed by atoms with Crippen LogP contribution in [0.15, 0.2) is 18.3 Å². The number of aliphatic carboxylic acids is 1. The summed E-state index contributed by atoms with van der Waals surface area (Å²) in [6.45, 7) is 0. The fourth-order valence-corrected chi connectivity index (χ4v) is 1.93. The smallest absolute Gasteiger partial charge is 0.326 e. The van der Waals surface area contributed by atoms with E-state index in [1.165, 1.54) is 7.11 Å². The van der Waals surface area contributed by atoms with Gasteiger partial charge in [0, 0.05) is 24.6 Å². The number of carbonyl (C=O) groups excluding carboxylic acids is 1. The number of carboxylic acids is 1. The average Bonchev–Trinajstić information content (AvgIpc) is 2.72. The maximum atomic E-state index is 11.2. The first-order valence-corrected chi connectivity index (χ1v) is 5.14. The van der Waals surface area contributed by atoms with Crippen LogP contribution in [0.25, 0.3) is 0 Å². The zero-order valence-corrected chi connectivity index (χ0v) is 9.21. The van der Waals surface area contributed by atoms with Crippen molar-refractivity contribution in [1.82, 2.24) is 10.3 Å². The van der Waals surface area contributed by atoms with E-state index in [0.29, 0.717) is 5.88 Å². The Morgan fingerprint density at radius 3 is 2.88 bits per heavy atom. The summed E-state index contributed by atoms with van der Waals surface area (Å²) < 4.78 is 4.92. The maximum Gasteiger partial charge on any atom is 0.326 e. The molecule has 2 unspecified atom stereocenters. The van der Waals surface area contributed by atoms with Crippen molar-refractivity contribution in [1.29, 1.82) is 0 Å². The van der Waals surface area contributed by atoms with Crippen molar-refractivity contribution >= 4 is 11.9 Å². The van der Waals surface area contributed by atoms with Crippen molar-refractivity contribution in [3.63, 3.8) is 0 Å². The van der Waals surface area contributed by atoms with E-state index in [4.69, 9.17) is 9.84 Å². The first kappa shape index (κ1) is 11.4. The quantitative estimate of drug-likeness (QED) is 0.779. The minimum atomic E-state index is -1.03. The SMILES string of the molecule is COc1ccc(C2CC(=O)NC2C(=O)O)cn1. The van der Waals surface area contributed by atoms with Gasteiger partial charge in [-0.2, -0.15) is 0 Å². The number of hydrogen-bond donors (Lipinski definition) is 2. The van der Waals surface area contributed by atoms with Gasteiger partial charge in [0.2, 0.25) is 11.8 Å². The Morgan fingerprint density at radius 1 is 1.59 bits per heavy atom. The molecule has 0 aromatic carbocycles. The van der Waals surface area contributed by atoms with Crippen LogP contribution in [-0.2, 0) is 9.59 Å². The fourth-order valence-electron chi connectivity index (χ4n) is 1.93. The number of ether oxygens (including phenoxy) is 1. The lowest BCUT2D eigenvalue weighted by molar-refractivity contribution is -0.140. The molecule has 17 heavy (non-hydrogen) atoms. The predicted octanol–water partition coefficient (Wildman–Crippen LogP) is 0.147. The molecule has 6 nitrogen and oxygen atoms in total. The fraction of sp³-hybridized carbons (Fsp3) is 0.364. The van der Waals surface area contributed by atoms with E-state index < -0.39 is 12.0 Å². The molecule has 1 saturated heterocycles. The van der Waals surface area contributed by atoms with Crippen LogP contribution in [0.1, 0.15) is 17.9 Å². The van der Waals surface area contributed by atoms with Crippen LogP contribution < -0.4 is 10.1 Å². The molecule has 0 saturated carbocycles. The summed E-state index contributed by atoms with van der Waals surface area (Å²) >= 11 is 0. The largest absolute Gasteiger partial charge is 0.481 e. The molecule has 90 valence electrons. The van der Waals surface area contributed by atoms with E-state index in [1.807, 2.05) is 0 Å². The Kier molecular flexibility index (Phi) is 2.95. The highest BCUT2D eigenvalue weighted by atomic mass is 16.5. The second-order valence-corrected chi connectivity index (χ2v) is 3.83. The molecular formula is C11H12N2O4. The normalized spacial score (nSPS) is 23.2. The monoisotopic (exact) mass is 236 g/mol. The maximum absolute atomic E-state index is 11.2. The molecule has 1 aromatic heterocycles. The van der Waals surface area contributed by atoms with Gasteiger partial charge in [0.1, 0.15) is 6.04 Å². The second-order valence-electron chi connectivity index (χ2n) is 3.83. The molecule has 1 aliphatic rings. The van der Waals surface area contributed by atoms with Crippen LogP contribution >= 0.6 is 0 Å². The molecule has 1 amide bonds. The third-order valence-electron chi connectivity index (χ3n) is 2.79. The number of nitrogens with zero attached hydrogens (tertiary/aromatic N) is 1. The van der Waals surface area contributed by atoms with Gasteiger partial charge < -0.3 is 15.2 Å². The molecule has 0 spiro atoms. The van der Waals surface area contributed by atoms with Crippen LogP contribution in [-0.4, -0.2) is 35.1 Å². The number of rotatable bonds is 3. The van der Waals surface area contributed by atoms with Crippen LogP contribution in [0.2, 0.25) is 0 Å². The molecule has 0 radical (unpaired) electrons. The Morgan fingerprint density at radius 2 is 2.35 bits per heavy atom. The van der Waals surface area contributed by atoms with E-state index in [2.05, 4.69) is 10.3 Å². The van der Waals surface area contributed by atoms with Gasteiger partial charge >= 0.3 is 5.97 Å². The first-order chi connectivity index (χ1) is 8.11. The third kappa shape index (κ3) is 2.20. The highest BCUT2D eigenvalue weighted by Gasteiger charge is 2.38. The standard InChI is InChI=1S/C11H12N2O4/c1-17-9-3-2-6(5-12-9)7-4-8(14)13-10(7)11(15)16/h2-3,5,7,10H,4H2,1H3,(H,13,14)(H,15,16). The number of methoxy groups -OCH3 is 1. The van der Waals surface area contributed by atoms with Crippen LogP contribution in [0, 0.1) is 0 Å². The van der Waals surface area contributed by atoms with Crippen LogP contribution in [0.4, 0.5) is 0 Å². The Hall–Kier alpha value is -2.11. The number of nitrogens with one attached hydrogen (secondary N) is 1.